The lowest BCUT2D eigenvalue weighted by Gasteiger charge is -2.16. The topological polar surface area (TPSA) is 86.8 Å². The van der Waals surface area contributed by atoms with Gasteiger partial charge in [0.15, 0.2) is 11.5 Å². The molecule has 0 fully saturated rings. The first-order valence-electron chi connectivity index (χ1n) is 6.71. The minimum Gasteiger partial charge on any atom is -0.504 e. The summed E-state index contributed by atoms with van der Waals surface area (Å²) in [6, 6.07) is 10.8. The van der Waals surface area contributed by atoms with Crippen molar-refractivity contribution < 1.29 is 15.0 Å². The van der Waals surface area contributed by atoms with Crippen LogP contribution in [0.25, 0.3) is 0 Å². The molecule has 0 radical (unpaired) electrons. The zero-order valence-corrected chi connectivity index (χ0v) is 11.4. The van der Waals surface area contributed by atoms with Crippen molar-refractivity contribution in [2.75, 3.05) is 0 Å². The first-order chi connectivity index (χ1) is 10.1. The van der Waals surface area contributed by atoms with Crippen LogP contribution in [0, 0.1) is 0 Å². The summed E-state index contributed by atoms with van der Waals surface area (Å²) in [6.07, 6.45) is 0. The average molecular weight is 284 g/mol. The predicted octanol–water partition coefficient (Wildman–Crippen LogP) is 1.71. The number of phenols is 2. The fourth-order valence-electron chi connectivity index (χ4n) is 2.63. The molecular formula is C16H16N2O3. The van der Waals surface area contributed by atoms with Gasteiger partial charge < -0.3 is 20.8 Å². The van der Waals surface area contributed by atoms with E-state index >= 15 is 0 Å². The van der Waals surface area contributed by atoms with Gasteiger partial charge in [-0.25, -0.2) is 0 Å². The molecule has 3 rings (SSSR count). The molecule has 2 aromatic carbocycles. The number of carbonyl (C=O) groups is 1. The van der Waals surface area contributed by atoms with E-state index < -0.39 is 0 Å². The van der Waals surface area contributed by atoms with Crippen LogP contribution in [-0.4, -0.2) is 21.0 Å². The number of carbonyl (C=O) groups excluding carboxylic acids is 1. The van der Waals surface area contributed by atoms with E-state index in [-0.39, 0.29) is 23.0 Å². The number of aromatic hydroxyl groups is 2. The number of benzene rings is 2. The van der Waals surface area contributed by atoms with Gasteiger partial charge in [-0.2, -0.15) is 0 Å². The van der Waals surface area contributed by atoms with Crippen molar-refractivity contribution in [3.05, 3.63) is 58.7 Å². The number of hydrogen-bond acceptors (Lipinski definition) is 4. The molecule has 0 saturated carbocycles. The summed E-state index contributed by atoms with van der Waals surface area (Å²) in [7, 11) is 0. The Morgan fingerprint density at radius 1 is 1.14 bits per heavy atom. The van der Waals surface area contributed by atoms with Crippen molar-refractivity contribution >= 4 is 5.91 Å². The third kappa shape index (κ3) is 2.32. The maximum absolute atomic E-state index is 12.4. The highest BCUT2D eigenvalue weighted by atomic mass is 16.3. The fourth-order valence-corrected chi connectivity index (χ4v) is 2.63. The van der Waals surface area contributed by atoms with Crippen molar-refractivity contribution in [2.24, 2.45) is 5.73 Å². The number of nitrogens with zero attached hydrogens (tertiary/aromatic N) is 1. The van der Waals surface area contributed by atoms with Crippen molar-refractivity contribution in [3.63, 3.8) is 0 Å². The molecule has 4 N–H and O–H groups in total. The second-order valence-corrected chi connectivity index (χ2v) is 5.15. The smallest absolute Gasteiger partial charge is 0.258 e. The van der Waals surface area contributed by atoms with Gasteiger partial charge in [0.25, 0.3) is 5.91 Å². The molecule has 0 aromatic heterocycles. The van der Waals surface area contributed by atoms with E-state index in [1.54, 1.807) is 11.0 Å². The molecular weight excluding hydrogens is 268 g/mol. The van der Waals surface area contributed by atoms with Gasteiger partial charge in [-0.3, -0.25) is 4.79 Å². The minimum atomic E-state index is -0.337. The molecule has 0 aliphatic carbocycles. The molecule has 1 heterocycles. The summed E-state index contributed by atoms with van der Waals surface area (Å²) in [5.74, 6) is -0.874. The number of phenolic OH excluding ortho intramolecular Hbond substituents is 2. The lowest BCUT2D eigenvalue weighted by Crippen LogP contribution is -2.23. The first kappa shape index (κ1) is 13.5. The fraction of sp³-hybridized carbons (Fsp3) is 0.188. The van der Waals surface area contributed by atoms with Gasteiger partial charge in [-0.1, -0.05) is 30.3 Å². The lowest BCUT2D eigenvalue weighted by molar-refractivity contribution is 0.0764. The zero-order chi connectivity index (χ0) is 15.0. The third-order valence-electron chi connectivity index (χ3n) is 3.71. The Kier molecular flexibility index (Phi) is 3.27. The number of rotatable bonds is 3. The molecule has 2 aromatic rings. The van der Waals surface area contributed by atoms with E-state index in [4.69, 9.17) is 5.73 Å². The molecule has 108 valence electrons. The number of nitrogens with two attached hydrogens (primary N) is 1. The Morgan fingerprint density at radius 2 is 1.90 bits per heavy atom. The van der Waals surface area contributed by atoms with Crippen LogP contribution in [0.15, 0.2) is 36.4 Å². The van der Waals surface area contributed by atoms with E-state index in [0.29, 0.717) is 19.6 Å². The third-order valence-corrected chi connectivity index (χ3v) is 3.71. The average Bonchev–Trinajstić information content (AvgIpc) is 2.80. The predicted molar refractivity (Wildman–Crippen MR) is 77.7 cm³/mol. The summed E-state index contributed by atoms with van der Waals surface area (Å²) in [4.78, 5) is 14.0. The largest absolute Gasteiger partial charge is 0.504 e. The summed E-state index contributed by atoms with van der Waals surface area (Å²) >= 11 is 0. The zero-order valence-electron chi connectivity index (χ0n) is 11.4. The number of amides is 1. The van der Waals surface area contributed by atoms with Crippen LogP contribution in [0.5, 0.6) is 11.5 Å². The molecule has 1 aliphatic heterocycles. The molecule has 0 atom stereocenters. The second kappa shape index (κ2) is 5.10. The lowest BCUT2D eigenvalue weighted by atomic mass is 10.1. The van der Waals surface area contributed by atoms with Gasteiger partial charge in [0.2, 0.25) is 0 Å². The Hall–Kier alpha value is -2.53. The van der Waals surface area contributed by atoms with E-state index in [9.17, 15) is 15.0 Å². The van der Waals surface area contributed by atoms with E-state index in [0.717, 1.165) is 16.7 Å². The normalized spacial score (nSPS) is 13.6. The van der Waals surface area contributed by atoms with Crippen LogP contribution >= 0.6 is 0 Å². The summed E-state index contributed by atoms with van der Waals surface area (Å²) in [5, 5.41) is 19.4. The molecule has 5 nitrogen and oxygen atoms in total. The number of hydrogen-bond donors (Lipinski definition) is 3. The Bertz CT molecular complexity index is 713. The highest BCUT2D eigenvalue weighted by molar-refractivity contribution is 6.01. The van der Waals surface area contributed by atoms with Crippen LogP contribution in [-0.2, 0) is 19.6 Å². The van der Waals surface area contributed by atoms with Crippen molar-refractivity contribution in [2.45, 2.75) is 19.6 Å². The van der Waals surface area contributed by atoms with Crippen LogP contribution in [0.3, 0.4) is 0 Å². The summed E-state index contributed by atoms with van der Waals surface area (Å²) < 4.78 is 0. The second-order valence-electron chi connectivity index (χ2n) is 5.15. The van der Waals surface area contributed by atoms with Gasteiger partial charge in [-0.15, -0.1) is 0 Å². The molecule has 0 unspecified atom stereocenters. The summed E-state index contributed by atoms with van der Waals surface area (Å²) in [5.41, 5.74) is 8.54. The van der Waals surface area contributed by atoms with Gasteiger partial charge in [0.05, 0.1) is 5.56 Å². The van der Waals surface area contributed by atoms with E-state index in [2.05, 4.69) is 0 Å². The Labute approximate surface area is 122 Å². The quantitative estimate of drug-likeness (QED) is 0.749. The molecule has 0 bridgehead atoms. The van der Waals surface area contributed by atoms with Gasteiger partial charge in [-0.05, 0) is 22.8 Å². The Balaban J connectivity index is 1.86. The summed E-state index contributed by atoms with van der Waals surface area (Å²) in [6.45, 7) is 1.33. The number of fused-ring (bicyclic) bond motifs is 1. The van der Waals surface area contributed by atoms with Crippen LogP contribution in [0.4, 0.5) is 0 Å². The van der Waals surface area contributed by atoms with Crippen LogP contribution in [0.2, 0.25) is 0 Å². The maximum Gasteiger partial charge on any atom is 0.258 e. The van der Waals surface area contributed by atoms with Crippen LogP contribution in [0.1, 0.15) is 27.0 Å². The van der Waals surface area contributed by atoms with E-state index in [1.165, 1.54) is 6.07 Å². The first-order valence-corrected chi connectivity index (χ1v) is 6.71. The van der Waals surface area contributed by atoms with Gasteiger partial charge in [0.1, 0.15) is 0 Å². The molecule has 5 heteroatoms. The standard InChI is InChI=1S/C16H16N2O3/c17-7-10-2-1-3-11(6-10)8-18-9-12-4-5-13(19)15(20)14(12)16(18)21/h1-6,19-20H,7-9,17H2. The highest BCUT2D eigenvalue weighted by Gasteiger charge is 2.31. The monoisotopic (exact) mass is 284 g/mol. The van der Waals surface area contributed by atoms with Gasteiger partial charge in [0, 0.05) is 19.6 Å². The Morgan fingerprint density at radius 3 is 2.67 bits per heavy atom. The SMILES string of the molecule is NCc1cccc(CN2Cc3ccc(O)c(O)c3C2=O)c1. The molecule has 0 saturated heterocycles. The minimum absolute atomic E-state index is 0.199. The van der Waals surface area contributed by atoms with Crippen molar-refractivity contribution in [3.8, 4) is 11.5 Å². The maximum atomic E-state index is 12.4. The molecule has 1 amide bonds. The van der Waals surface area contributed by atoms with Crippen molar-refractivity contribution in [1.82, 2.24) is 4.90 Å². The van der Waals surface area contributed by atoms with E-state index in [1.807, 2.05) is 24.3 Å². The van der Waals surface area contributed by atoms with Gasteiger partial charge >= 0.3 is 0 Å². The molecule has 21 heavy (non-hydrogen) atoms. The van der Waals surface area contributed by atoms with Crippen LogP contribution < -0.4 is 5.73 Å². The molecule has 0 spiro atoms. The van der Waals surface area contributed by atoms with Crippen molar-refractivity contribution in [1.29, 1.82) is 0 Å². The molecule has 1 aliphatic rings. The highest BCUT2D eigenvalue weighted by Crippen LogP contribution is 2.37.